The number of rotatable bonds is 5. The summed E-state index contributed by atoms with van der Waals surface area (Å²) in [7, 11) is 6.49. The molecule has 3 aromatic carbocycles. The van der Waals surface area contributed by atoms with Crippen molar-refractivity contribution < 1.29 is 23.4 Å². The fraction of sp³-hybridized carbons (Fsp3) is 0.240. The lowest BCUT2D eigenvalue weighted by Gasteiger charge is -2.15. The molecule has 4 rings (SSSR count). The van der Waals surface area contributed by atoms with Gasteiger partial charge in [0.1, 0.15) is 5.82 Å². The van der Waals surface area contributed by atoms with Crippen molar-refractivity contribution in [3.05, 3.63) is 64.5 Å². The minimum atomic E-state index is -0.307. The Morgan fingerprint density at radius 2 is 1.58 bits per heavy atom. The van der Waals surface area contributed by atoms with Crippen molar-refractivity contribution in [2.75, 3.05) is 21.3 Å². The zero-order valence-electron chi connectivity index (χ0n) is 18.4. The van der Waals surface area contributed by atoms with Gasteiger partial charge in [0.15, 0.2) is 17.3 Å². The highest BCUT2D eigenvalue weighted by atomic mass is 19.1. The van der Waals surface area contributed by atoms with E-state index in [1.165, 1.54) is 33.5 Å². The number of carbonyl (C=O) groups is 1. The van der Waals surface area contributed by atoms with E-state index < -0.39 is 0 Å². The molecule has 0 radical (unpaired) electrons. The van der Waals surface area contributed by atoms with Crippen molar-refractivity contribution in [3.8, 4) is 17.2 Å². The number of hydrogen-bond donors (Lipinski definition) is 0. The molecule has 160 valence electrons. The van der Waals surface area contributed by atoms with Gasteiger partial charge in [-0.1, -0.05) is 0 Å². The number of benzene rings is 3. The third kappa shape index (κ3) is 3.10. The van der Waals surface area contributed by atoms with E-state index in [9.17, 15) is 9.18 Å². The summed E-state index contributed by atoms with van der Waals surface area (Å²) in [6.07, 6.45) is 0. The summed E-state index contributed by atoms with van der Waals surface area (Å²) in [5, 5.41) is 1.67. The van der Waals surface area contributed by atoms with E-state index in [1.54, 1.807) is 18.2 Å². The number of hydrogen-bond acceptors (Lipinski definition) is 4. The van der Waals surface area contributed by atoms with Crippen LogP contribution in [-0.4, -0.2) is 31.7 Å². The summed E-state index contributed by atoms with van der Waals surface area (Å²) in [5.41, 5.74) is 4.62. The second-order valence-electron chi connectivity index (χ2n) is 7.55. The van der Waals surface area contributed by atoms with Crippen molar-refractivity contribution in [3.63, 3.8) is 0 Å². The average Bonchev–Trinajstić information content (AvgIpc) is 3.06. The molecule has 4 aromatic rings. The average molecular weight is 421 g/mol. The van der Waals surface area contributed by atoms with Crippen LogP contribution in [0, 0.1) is 19.7 Å². The van der Waals surface area contributed by atoms with Crippen molar-refractivity contribution in [2.24, 2.45) is 7.05 Å². The number of methoxy groups -OCH3 is 3. The first-order valence-electron chi connectivity index (χ1n) is 9.84. The SMILES string of the molecule is COc1cc(C(=O)c2cc(C)c3c(c2C)c2cc(F)ccc2n3C)cc(OC)c1OC. The molecule has 0 amide bonds. The summed E-state index contributed by atoms with van der Waals surface area (Å²) >= 11 is 0. The predicted octanol–water partition coefficient (Wildman–Crippen LogP) is 5.34. The second kappa shape index (κ2) is 7.61. The van der Waals surface area contributed by atoms with E-state index in [1.807, 2.05) is 31.5 Å². The molecule has 0 aliphatic rings. The quantitative estimate of drug-likeness (QED) is 0.408. The van der Waals surface area contributed by atoms with E-state index >= 15 is 0 Å². The molecule has 1 aromatic heterocycles. The Hall–Kier alpha value is -3.54. The van der Waals surface area contributed by atoms with Crippen molar-refractivity contribution in [1.82, 2.24) is 4.57 Å². The first-order chi connectivity index (χ1) is 14.8. The lowest BCUT2D eigenvalue weighted by Crippen LogP contribution is -2.07. The molecule has 0 spiro atoms. The van der Waals surface area contributed by atoms with Crippen LogP contribution in [-0.2, 0) is 7.05 Å². The summed E-state index contributed by atoms with van der Waals surface area (Å²) in [4.78, 5) is 13.6. The Morgan fingerprint density at radius 1 is 0.935 bits per heavy atom. The maximum absolute atomic E-state index is 14.1. The van der Waals surface area contributed by atoms with Crippen molar-refractivity contribution in [2.45, 2.75) is 13.8 Å². The number of aromatic nitrogens is 1. The van der Waals surface area contributed by atoms with E-state index in [0.717, 1.165) is 32.9 Å². The molecule has 0 saturated carbocycles. The first kappa shape index (κ1) is 20.7. The number of fused-ring (bicyclic) bond motifs is 3. The zero-order chi connectivity index (χ0) is 22.4. The Morgan fingerprint density at radius 3 is 2.16 bits per heavy atom. The molecule has 0 atom stereocenters. The third-order valence-electron chi connectivity index (χ3n) is 5.85. The van der Waals surface area contributed by atoms with Gasteiger partial charge in [-0.05, 0) is 61.4 Å². The van der Waals surface area contributed by atoms with Gasteiger partial charge in [0.25, 0.3) is 0 Å². The monoisotopic (exact) mass is 421 g/mol. The molecular formula is C25H24FNO4. The van der Waals surface area contributed by atoms with Crippen LogP contribution < -0.4 is 14.2 Å². The van der Waals surface area contributed by atoms with Gasteiger partial charge in [-0.3, -0.25) is 4.79 Å². The predicted molar refractivity (Wildman–Crippen MR) is 119 cm³/mol. The standard InChI is InChI=1S/C25H24FNO4/c1-13-9-17(24(28)15-10-20(29-4)25(31-6)21(11-15)30-5)14(2)22-18-12-16(26)7-8-19(18)27(3)23(13)22/h7-12H,1-6H3. The van der Waals surface area contributed by atoms with E-state index in [0.29, 0.717) is 28.4 Å². The summed E-state index contributed by atoms with van der Waals surface area (Å²) in [6, 6.07) is 9.92. The van der Waals surface area contributed by atoms with Crippen LogP contribution in [0.25, 0.3) is 21.8 Å². The molecule has 0 aliphatic heterocycles. The van der Waals surface area contributed by atoms with Gasteiger partial charge in [-0.25, -0.2) is 4.39 Å². The van der Waals surface area contributed by atoms with Gasteiger partial charge in [0, 0.05) is 34.5 Å². The van der Waals surface area contributed by atoms with Gasteiger partial charge < -0.3 is 18.8 Å². The molecule has 0 saturated heterocycles. The smallest absolute Gasteiger partial charge is 0.203 e. The molecule has 0 bridgehead atoms. The maximum atomic E-state index is 14.1. The molecule has 1 heterocycles. The van der Waals surface area contributed by atoms with Crippen LogP contribution in [0.5, 0.6) is 17.2 Å². The van der Waals surface area contributed by atoms with Crippen molar-refractivity contribution in [1.29, 1.82) is 0 Å². The van der Waals surface area contributed by atoms with Crippen LogP contribution in [0.2, 0.25) is 0 Å². The van der Waals surface area contributed by atoms with Crippen LogP contribution in [0.3, 0.4) is 0 Å². The lowest BCUT2D eigenvalue weighted by atomic mass is 9.93. The number of ether oxygens (including phenoxy) is 3. The summed E-state index contributed by atoms with van der Waals surface area (Å²) in [6.45, 7) is 3.86. The Labute approximate surface area is 179 Å². The minimum Gasteiger partial charge on any atom is -0.493 e. The second-order valence-corrected chi connectivity index (χ2v) is 7.55. The fourth-order valence-electron chi connectivity index (χ4n) is 4.39. The Kier molecular flexibility index (Phi) is 5.09. The highest BCUT2D eigenvalue weighted by Gasteiger charge is 2.23. The lowest BCUT2D eigenvalue weighted by molar-refractivity contribution is 0.103. The van der Waals surface area contributed by atoms with Crippen molar-refractivity contribution >= 4 is 27.6 Å². The molecular weight excluding hydrogens is 397 g/mol. The fourth-order valence-corrected chi connectivity index (χ4v) is 4.39. The number of aryl methyl sites for hydroxylation is 3. The van der Waals surface area contributed by atoms with Crippen LogP contribution in [0.15, 0.2) is 36.4 Å². The topological polar surface area (TPSA) is 49.7 Å². The van der Waals surface area contributed by atoms with Gasteiger partial charge in [0.2, 0.25) is 5.75 Å². The molecule has 5 nitrogen and oxygen atoms in total. The number of halogens is 1. The molecule has 0 N–H and O–H groups in total. The van der Waals surface area contributed by atoms with Gasteiger partial charge in [-0.15, -0.1) is 0 Å². The molecule has 31 heavy (non-hydrogen) atoms. The number of ketones is 1. The highest BCUT2D eigenvalue weighted by Crippen LogP contribution is 2.40. The third-order valence-corrected chi connectivity index (χ3v) is 5.85. The van der Waals surface area contributed by atoms with Crippen LogP contribution in [0.1, 0.15) is 27.0 Å². The number of nitrogens with zero attached hydrogens (tertiary/aromatic N) is 1. The van der Waals surface area contributed by atoms with E-state index in [-0.39, 0.29) is 11.6 Å². The molecule has 6 heteroatoms. The Balaban J connectivity index is 1.99. The summed E-state index contributed by atoms with van der Waals surface area (Å²) in [5.74, 6) is 0.767. The van der Waals surface area contributed by atoms with Crippen LogP contribution in [0.4, 0.5) is 4.39 Å². The molecule has 0 fully saturated rings. The first-order valence-corrected chi connectivity index (χ1v) is 9.84. The van der Waals surface area contributed by atoms with E-state index in [4.69, 9.17) is 14.2 Å². The zero-order valence-corrected chi connectivity index (χ0v) is 18.4. The van der Waals surface area contributed by atoms with E-state index in [2.05, 4.69) is 0 Å². The van der Waals surface area contributed by atoms with Crippen LogP contribution >= 0.6 is 0 Å². The molecule has 0 aliphatic carbocycles. The van der Waals surface area contributed by atoms with Gasteiger partial charge in [0.05, 0.1) is 26.8 Å². The largest absolute Gasteiger partial charge is 0.493 e. The Bertz CT molecular complexity index is 1330. The van der Waals surface area contributed by atoms with Gasteiger partial charge >= 0.3 is 0 Å². The molecule has 0 unspecified atom stereocenters. The summed E-state index contributed by atoms with van der Waals surface area (Å²) < 4.78 is 32.3. The normalized spacial score (nSPS) is 11.2. The minimum absolute atomic E-state index is 0.171. The van der Waals surface area contributed by atoms with Gasteiger partial charge in [-0.2, -0.15) is 0 Å². The maximum Gasteiger partial charge on any atom is 0.203 e. The number of carbonyl (C=O) groups excluding carboxylic acids is 1. The highest BCUT2D eigenvalue weighted by molar-refractivity contribution is 6.17.